The van der Waals surface area contributed by atoms with E-state index in [0.29, 0.717) is 0 Å². The first-order valence-electron chi connectivity index (χ1n) is 10.7. The third-order valence-corrected chi connectivity index (χ3v) is 6.25. The van der Waals surface area contributed by atoms with Crippen LogP contribution < -0.4 is 5.32 Å². The molecule has 0 bridgehead atoms. The fourth-order valence-electron chi connectivity index (χ4n) is 3.63. The maximum Gasteiger partial charge on any atom is 0.234 e. The average molecular weight is 443 g/mol. The maximum absolute atomic E-state index is 12.7. The van der Waals surface area contributed by atoms with Gasteiger partial charge >= 0.3 is 0 Å². The number of hydrogen-bond acceptors (Lipinski definition) is 4. The second-order valence-corrected chi connectivity index (χ2v) is 8.46. The highest BCUT2D eigenvalue weighted by atomic mass is 32.2. The number of rotatable bonds is 8. The van der Waals surface area contributed by atoms with Crippen molar-refractivity contribution in [3.63, 3.8) is 0 Å². The van der Waals surface area contributed by atoms with Crippen molar-refractivity contribution in [3.8, 4) is 11.4 Å². The van der Waals surface area contributed by atoms with E-state index in [4.69, 9.17) is 0 Å². The summed E-state index contributed by atoms with van der Waals surface area (Å²) in [5.74, 6) is 1.05. The lowest BCUT2D eigenvalue weighted by Gasteiger charge is -2.12. The first-order valence-corrected chi connectivity index (χ1v) is 11.7. The lowest BCUT2D eigenvalue weighted by molar-refractivity contribution is -0.113. The number of carbonyl (C=O) groups excluding carboxylic acids is 1. The van der Waals surface area contributed by atoms with Crippen molar-refractivity contribution in [3.05, 3.63) is 95.6 Å². The summed E-state index contributed by atoms with van der Waals surface area (Å²) < 4.78 is 2.06. The number of aromatic nitrogens is 3. The summed E-state index contributed by atoms with van der Waals surface area (Å²) in [6, 6.07) is 26.3. The molecular formula is C26H26N4OS. The minimum atomic E-state index is -0.0568. The molecule has 4 rings (SSSR count). The number of carbonyl (C=O) groups is 1. The van der Waals surface area contributed by atoms with E-state index in [0.717, 1.165) is 46.3 Å². The largest absolute Gasteiger partial charge is 0.325 e. The number of anilines is 1. The van der Waals surface area contributed by atoms with E-state index in [2.05, 4.69) is 64.3 Å². The molecule has 0 aliphatic heterocycles. The summed E-state index contributed by atoms with van der Waals surface area (Å²) in [6.45, 7) is 4.87. The Balaban J connectivity index is 1.44. The summed E-state index contributed by atoms with van der Waals surface area (Å²) in [6.07, 6.45) is 0.772. The van der Waals surface area contributed by atoms with E-state index in [1.54, 1.807) is 0 Å². The Kier molecular flexibility index (Phi) is 7.02. The minimum Gasteiger partial charge on any atom is -0.325 e. The van der Waals surface area contributed by atoms with E-state index in [9.17, 15) is 4.79 Å². The molecule has 0 saturated heterocycles. The molecule has 1 heterocycles. The van der Waals surface area contributed by atoms with Crippen LogP contribution in [0.25, 0.3) is 11.4 Å². The lowest BCUT2D eigenvalue weighted by atomic mass is 10.0. The van der Waals surface area contributed by atoms with Crippen molar-refractivity contribution in [1.29, 1.82) is 0 Å². The van der Waals surface area contributed by atoms with Gasteiger partial charge in [-0.05, 0) is 43.0 Å². The number of amides is 1. The van der Waals surface area contributed by atoms with Gasteiger partial charge in [-0.1, -0.05) is 84.6 Å². The van der Waals surface area contributed by atoms with Crippen LogP contribution in [0.4, 0.5) is 5.69 Å². The Hall–Kier alpha value is -3.38. The highest BCUT2D eigenvalue weighted by molar-refractivity contribution is 7.99. The third kappa shape index (κ3) is 5.08. The van der Waals surface area contributed by atoms with Crippen LogP contribution in [0, 0.1) is 6.92 Å². The van der Waals surface area contributed by atoms with Crippen molar-refractivity contribution in [1.82, 2.24) is 14.8 Å². The van der Waals surface area contributed by atoms with Crippen molar-refractivity contribution in [2.75, 3.05) is 11.1 Å². The van der Waals surface area contributed by atoms with Crippen molar-refractivity contribution in [2.24, 2.45) is 0 Å². The first kappa shape index (κ1) is 21.8. The molecule has 0 aliphatic carbocycles. The van der Waals surface area contributed by atoms with Gasteiger partial charge in [0.05, 0.1) is 5.75 Å². The van der Waals surface area contributed by atoms with E-state index in [-0.39, 0.29) is 11.7 Å². The molecule has 0 atom stereocenters. The smallest absolute Gasteiger partial charge is 0.234 e. The molecule has 6 heteroatoms. The van der Waals surface area contributed by atoms with Gasteiger partial charge in [0, 0.05) is 17.8 Å². The molecule has 1 aromatic heterocycles. The van der Waals surface area contributed by atoms with Gasteiger partial charge < -0.3 is 9.88 Å². The number of aryl methyl sites for hydroxylation is 1. The monoisotopic (exact) mass is 442 g/mol. The van der Waals surface area contributed by atoms with Gasteiger partial charge in [-0.3, -0.25) is 4.79 Å². The summed E-state index contributed by atoms with van der Waals surface area (Å²) in [5.41, 5.74) is 5.37. The fraction of sp³-hybridized carbons (Fsp3) is 0.192. The molecule has 0 saturated carbocycles. The molecule has 0 fully saturated rings. The number of para-hydroxylation sites is 1. The Morgan fingerprint density at radius 3 is 2.44 bits per heavy atom. The molecule has 0 unspecified atom stereocenters. The fourth-order valence-corrected chi connectivity index (χ4v) is 4.43. The van der Waals surface area contributed by atoms with Crippen molar-refractivity contribution in [2.45, 2.75) is 32.0 Å². The van der Waals surface area contributed by atoms with Crippen LogP contribution in [0.1, 0.15) is 23.6 Å². The number of thioether (sulfide) groups is 1. The second kappa shape index (κ2) is 10.3. The van der Waals surface area contributed by atoms with Gasteiger partial charge in [-0.25, -0.2) is 0 Å². The highest BCUT2D eigenvalue weighted by Crippen LogP contribution is 2.26. The SMILES string of the molecule is CCn1c(SCC(=O)Nc2ccccc2Cc2ccccc2)nnc1-c1ccccc1C. The predicted molar refractivity (Wildman–Crippen MR) is 131 cm³/mol. The highest BCUT2D eigenvalue weighted by Gasteiger charge is 2.16. The molecule has 3 aromatic carbocycles. The van der Waals surface area contributed by atoms with Crippen molar-refractivity contribution >= 4 is 23.4 Å². The molecule has 1 amide bonds. The lowest BCUT2D eigenvalue weighted by Crippen LogP contribution is -2.16. The maximum atomic E-state index is 12.7. The van der Waals surface area contributed by atoms with Crippen LogP contribution in [0.3, 0.4) is 0 Å². The summed E-state index contributed by atoms with van der Waals surface area (Å²) in [7, 11) is 0. The number of nitrogens with zero attached hydrogens (tertiary/aromatic N) is 3. The van der Waals surface area contributed by atoms with Crippen LogP contribution in [0.2, 0.25) is 0 Å². The van der Waals surface area contributed by atoms with E-state index >= 15 is 0 Å². The minimum absolute atomic E-state index is 0.0568. The Labute approximate surface area is 192 Å². The number of hydrogen-bond donors (Lipinski definition) is 1. The molecule has 162 valence electrons. The van der Waals surface area contributed by atoms with Crippen LogP contribution in [0.15, 0.2) is 84.0 Å². The van der Waals surface area contributed by atoms with E-state index in [1.807, 2.05) is 48.5 Å². The molecule has 0 radical (unpaired) electrons. The number of nitrogens with one attached hydrogen (secondary N) is 1. The van der Waals surface area contributed by atoms with Gasteiger partial charge in [0.15, 0.2) is 11.0 Å². The molecule has 0 aliphatic rings. The molecule has 1 N–H and O–H groups in total. The van der Waals surface area contributed by atoms with E-state index in [1.165, 1.54) is 17.3 Å². The Morgan fingerprint density at radius 2 is 1.66 bits per heavy atom. The zero-order valence-corrected chi connectivity index (χ0v) is 19.1. The molecule has 0 spiro atoms. The van der Waals surface area contributed by atoms with Gasteiger partial charge in [-0.15, -0.1) is 10.2 Å². The zero-order chi connectivity index (χ0) is 22.3. The molecule has 32 heavy (non-hydrogen) atoms. The Bertz CT molecular complexity index is 1200. The zero-order valence-electron chi connectivity index (χ0n) is 18.3. The van der Waals surface area contributed by atoms with Gasteiger partial charge in [0.2, 0.25) is 5.91 Å². The third-order valence-electron chi connectivity index (χ3n) is 5.28. The summed E-state index contributed by atoms with van der Waals surface area (Å²) in [4.78, 5) is 12.7. The van der Waals surface area contributed by atoms with Crippen LogP contribution in [-0.2, 0) is 17.8 Å². The predicted octanol–water partition coefficient (Wildman–Crippen LogP) is 5.60. The van der Waals surface area contributed by atoms with Crippen LogP contribution in [0.5, 0.6) is 0 Å². The summed E-state index contributed by atoms with van der Waals surface area (Å²) >= 11 is 1.41. The van der Waals surface area contributed by atoms with Crippen molar-refractivity contribution < 1.29 is 4.79 Å². The topological polar surface area (TPSA) is 59.8 Å². The molecular weight excluding hydrogens is 416 g/mol. The Morgan fingerprint density at radius 1 is 0.938 bits per heavy atom. The van der Waals surface area contributed by atoms with Gasteiger partial charge in [0.1, 0.15) is 0 Å². The standard InChI is InChI=1S/C26H26N4OS/c1-3-30-25(22-15-9-7-11-19(22)2)28-29-26(30)32-18-24(31)27-23-16-10-8-14-21(23)17-20-12-5-4-6-13-20/h4-16H,3,17-18H2,1-2H3,(H,27,31). The molecule has 5 nitrogen and oxygen atoms in total. The quantitative estimate of drug-likeness (QED) is 0.361. The first-order chi connectivity index (χ1) is 15.7. The average Bonchev–Trinajstić information content (AvgIpc) is 3.22. The summed E-state index contributed by atoms with van der Waals surface area (Å²) in [5, 5.41) is 12.6. The molecule has 4 aromatic rings. The van der Waals surface area contributed by atoms with E-state index < -0.39 is 0 Å². The second-order valence-electron chi connectivity index (χ2n) is 7.52. The number of benzene rings is 3. The van der Waals surface area contributed by atoms with Gasteiger partial charge in [-0.2, -0.15) is 0 Å². The van der Waals surface area contributed by atoms with Crippen LogP contribution >= 0.6 is 11.8 Å². The normalized spacial score (nSPS) is 10.8. The van der Waals surface area contributed by atoms with Crippen LogP contribution in [-0.4, -0.2) is 26.4 Å². The van der Waals surface area contributed by atoms with Gasteiger partial charge in [0.25, 0.3) is 0 Å².